The summed E-state index contributed by atoms with van der Waals surface area (Å²) in [6.07, 6.45) is 6.69. The fourth-order valence-corrected chi connectivity index (χ4v) is 4.09. The number of aromatic nitrogens is 2. The largest absolute Gasteiger partial charge is 0.264 e. The Balaban J connectivity index is 1.80. The maximum Gasteiger partial charge on any atom is 0.0704 e. The van der Waals surface area contributed by atoms with E-state index >= 15 is 0 Å². The van der Waals surface area contributed by atoms with Gasteiger partial charge in [0.15, 0.2) is 0 Å². The lowest BCUT2D eigenvalue weighted by Gasteiger charge is -2.30. The van der Waals surface area contributed by atoms with Crippen molar-refractivity contribution in [1.82, 2.24) is 9.97 Å². The average Bonchev–Trinajstić information content (AvgIpc) is 2.66. The van der Waals surface area contributed by atoms with Crippen LogP contribution in [0.5, 0.6) is 0 Å². The van der Waals surface area contributed by atoms with Crippen molar-refractivity contribution in [2.24, 2.45) is 0 Å². The van der Waals surface area contributed by atoms with Crippen LogP contribution < -0.4 is 0 Å². The van der Waals surface area contributed by atoms with Crippen LogP contribution in [0.25, 0.3) is 21.7 Å². The molecular weight excluding hydrogens is 340 g/mol. The van der Waals surface area contributed by atoms with E-state index in [-0.39, 0.29) is 10.8 Å². The van der Waals surface area contributed by atoms with Gasteiger partial charge in [0.25, 0.3) is 0 Å². The van der Waals surface area contributed by atoms with E-state index in [1.807, 2.05) is 24.7 Å². The van der Waals surface area contributed by atoms with E-state index in [2.05, 4.69) is 87.1 Å². The summed E-state index contributed by atoms with van der Waals surface area (Å²) in [4.78, 5) is 8.88. The number of pyridine rings is 2. The maximum absolute atomic E-state index is 4.55. The molecule has 0 aliphatic heterocycles. The van der Waals surface area contributed by atoms with E-state index in [0.717, 1.165) is 11.9 Å². The van der Waals surface area contributed by atoms with Gasteiger partial charge >= 0.3 is 0 Å². The minimum Gasteiger partial charge on any atom is -0.264 e. The number of hydrogen-bond acceptors (Lipinski definition) is 2. The summed E-state index contributed by atoms with van der Waals surface area (Å²) in [6.45, 7) is 11.6. The van der Waals surface area contributed by atoms with Crippen molar-refractivity contribution >= 4 is 21.7 Å². The molecule has 28 heavy (non-hydrogen) atoms. The van der Waals surface area contributed by atoms with Crippen LogP contribution in [0.2, 0.25) is 0 Å². The molecule has 0 aliphatic carbocycles. The van der Waals surface area contributed by atoms with Gasteiger partial charge < -0.3 is 0 Å². The molecule has 4 rings (SSSR count). The molecule has 142 valence electrons. The molecule has 0 aliphatic rings. The second-order valence-electron chi connectivity index (χ2n) is 9.45. The molecule has 2 nitrogen and oxygen atoms in total. The number of hydrogen-bond donors (Lipinski definition) is 0. The van der Waals surface area contributed by atoms with Crippen LogP contribution in [0.15, 0.2) is 67.1 Å². The normalized spacial score (nSPS) is 12.6. The van der Waals surface area contributed by atoms with E-state index in [4.69, 9.17) is 0 Å². The lowest BCUT2D eigenvalue weighted by Crippen LogP contribution is -2.24. The molecule has 4 aromatic rings. The van der Waals surface area contributed by atoms with E-state index in [1.165, 1.54) is 32.8 Å². The summed E-state index contributed by atoms with van der Waals surface area (Å²) >= 11 is 0. The zero-order chi connectivity index (χ0) is 19.9. The van der Waals surface area contributed by atoms with Crippen LogP contribution in [0.4, 0.5) is 0 Å². The van der Waals surface area contributed by atoms with Gasteiger partial charge in [0.2, 0.25) is 0 Å². The fraction of sp³-hybridized carbons (Fsp3) is 0.308. The van der Waals surface area contributed by atoms with Gasteiger partial charge in [-0.05, 0) is 63.6 Å². The first-order valence-corrected chi connectivity index (χ1v) is 9.96. The van der Waals surface area contributed by atoms with Crippen molar-refractivity contribution in [3.63, 3.8) is 0 Å². The standard InChI is InChI=1S/C26H28N2/c1-25(2,3)23-14-19-10-12-27-17-21(19)13-20(23)16-26(4,5)22-9-8-18-7-6-11-28-24(18)15-22/h6-15,17H,16H2,1-5H3. The topological polar surface area (TPSA) is 25.8 Å². The quantitative estimate of drug-likeness (QED) is 0.407. The lowest BCUT2D eigenvalue weighted by molar-refractivity contribution is 0.508. The molecule has 0 N–H and O–H groups in total. The minimum absolute atomic E-state index is 0.00158. The molecule has 0 bridgehead atoms. The molecule has 2 aromatic carbocycles. The zero-order valence-electron chi connectivity index (χ0n) is 17.5. The van der Waals surface area contributed by atoms with Crippen LogP contribution in [-0.2, 0) is 17.3 Å². The molecule has 0 spiro atoms. The summed E-state index contributed by atoms with van der Waals surface area (Å²) in [6, 6.07) is 17.6. The summed E-state index contributed by atoms with van der Waals surface area (Å²) in [5.74, 6) is 0. The first-order valence-electron chi connectivity index (χ1n) is 9.96. The Morgan fingerprint density at radius 3 is 2.39 bits per heavy atom. The molecular formula is C26H28N2. The summed E-state index contributed by atoms with van der Waals surface area (Å²) in [5.41, 5.74) is 5.30. The van der Waals surface area contributed by atoms with Gasteiger partial charge in [-0.15, -0.1) is 0 Å². The SMILES string of the molecule is CC(C)(C)c1cc2ccncc2cc1CC(C)(C)c1ccc2cccnc2c1. The van der Waals surface area contributed by atoms with Gasteiger partial charge in [-0.1, -0.05) is 58.9 Å². The Hall–Kier alpha value is -2.74. The first-order chi connectivity index (χ1) is 13.2. The number of rotatable bonds is 3. The van der Waals surface area contributed by atoms with Gasteiger partial charge in [0, 0.05) is 29.4 Å². The highest BCUT2D eigenvalue weighted by Gasteiger charge is 2.26. The Morgan fingerprint density at radius 2 is 1.61 bits per heavy atom. The molecule has 2 heterocycles. The summed E-state index contributed by atoms with van der Waals surface area (Å²) in [7, 11) is 0. The van der Waals surface area contributed by atoms with E-state index < -0.39 is 0 Å². The summed E-state index contributed by atoms with van der Waals surface area (Å²) in [5, 5.41) is 3.66. The van der Waals surface area contributed by atoms with Crippen LogP contribution in [0, 0.1) is 0 Å². The Morgan fingerprint density at radius 1 is 0.786 bits per heavy atom. The molecule has 0 radical (unpaired) electrons. The lowest BCUT2D eigenvalue weighted by atomic mass is 9.74. The Kier molecular flexibility index (Phi) is 4.45. The van der Waals surface area contributed by atoms with Crippen molar-refractivity contribution in [2.75, 3.05) is 0 Å². The third kappa shape index (κ3) is 3.52. The molecule has 0 saturated heterocycles. The van der Waals surface area contributed by atoms with Crippen molar-refractivity contribution < 1.29 is 0 Å². The smallest absolute Gasteiger partial charge is 0.0704 e. The molecule has 0 saturated carbocycles. The molecule has 0 unspecified atom stereocenters. The van der Waals surface area contributed by atoms with Crippen LogP contribution in [-0.4, -0.2) is 9.97 Å². The predicted molar refractivity (Wildman–Crippen MR) is 119 cm³/mol. The number of fused-ring (bicyclic) bond motifs is 2. The number of nitrogens with zero attached hydrogens (tertiary/aromatic N) is 2. The highest BCUT2D eigenvalue weighted by molar-refractivity contribution is 5.83. The van der Waals surface area contributed by atoms with Crippen LogP contribution in [0.3, 0.4) is 0 Å². The van der Waals surface area contributed by atoms with Crippen molar-refractivity contribution in [2.45, 2.75) is 51.9 Å². The van der Waals surface area contributed by atoms with Crippen molar-refractivity contribution in [1.29, 1.82) is 0 Å². The second kappa shape index (κ2) is 6.70. The van der Waals surface area contributed by atoms with Crippen molar-refractivity contribution in [3.8, 4) is 0 Å². The second-order valence-corrected chi connectivity index (χ2v) is 9.45. The monoisotopic (exact) mass is 368 g/mol. The average molecular weight is 369 g/mol. The van der Waals surface area contributed by atoms with Gasteiger partial charge in [-0.25, -0.2) is 0 Å². The van der Waals surface area contributed by atoms with E-state index in [0.29, 0.717) is 0 Å². The highest BCUT2D eigenvalue weighted by atomic mass is 14.6. The fourth-order valence-electron chi connectivity index (χ4n) is 4.09. The third-order valence-corrected chi connectivity index (χ3v) is 5.69. The number of benzene rings is 2. The predicted octanol–water partition coefficient (Wildman–Crippen LogP) is 6.60. The van der Waals surface area contributed by atoms with E-state index in [1.54, 1.807) is 0 Å². The Labute approximate surface area is 167 Å². The molecule has 2 aromatic heterocycles. The first kappa shape index (κ1) is 18.6. The van der Waals surface area contributed by atoms with Gasteiger partial charge in [0.1, 0.15) is 0 Å². The highest BCUT2D eigenvalue weighted by Crippen LogP contribution is 2.36. The molecule has 0 fully saturated rings. The van der Waals surface area contributed by atoms with Crippen molar-refractivity contribution in [3.05, 3.63) is 83.8 Å². The summed E-state index contributed by atoms with van der Waals surface area (Å²) < 4.78 is 0. The zero-order valence-corrected chi connectivity index (χ0v) is 17.5. The molecule has 0 amide bonds. The van der Waals surface area contributed by atoms with E-state index in [9.17, 15) is 0 Å². The maximum atomic E-state index is 4.55. The van der Waals surface area contributed by atoms with Gasteiger partial charge in [0.05, 0.1) is 5.52 Å². The van der Waals surface area contributed by atoms with Gasteiger partial charge in [-0.2, -0.15) is 0 Å². The minimum atomic E-state index is 0.00158. The van der Waals surface area contributed by atoms with Crippen LogP contribution in [0.1, 0.15) is 51.3 Å². The molecule has 2 heteroatoms. The Bertz CT molecular complexity index is 1150. The third-order valence-electron chi connectivity index (χ3n) is 5.69. The van der Waals surface area contributed by atoms with Crippen LogP contribution >= 0.6 is 0 Å². The van der Waals surface area contributed by atoms with Gasteiger partial charge in [-0.3, -0.25) is 9.97 Å². The molecule has 0 atom stereocenters.